The van der Waals surface area contributed by atoms with Crippen LogP contribution < -0.4 is 10.1 Å². The molecule has 1 amide bonds. The zero-order valence-electron chi connectivity index (χ0n) is 16.5. The maximum Gasteiger partial charge on any atom is 0.253 e. The van der Waals surface area contributed by atoms with Crippen molar-refractivity contribution >= 4 is 5.91 Å². The summed E-state index contributed by atoms with van der Waals surface area (Å²) >= 11 is 0. The molecule has 0 unspecified atom stereocenters. The van der Waals surface area contributed by atoms with Gasteiger partial charge in [-0.25, -0.2) is 9.97 Å². The van der Waals surface area contributed by atoms with E-state index in [1.54, 1.807) is 17.3 Å². The number of likely N-dealkylation sites (N-methyl/N-ethyl adjacent to an activating group) is 1. The maximum absolute atomic E-state index is 12.7. The molecule has 0 atom stereocenters. The van der Waals surface area contributed by atoms with Gasteiger partial charge in [-0.3, -0.25) is 4.79 Å². The van der Waals surface area contributed by atoms with Gasteiger partial charge in [0.05, 0.1) is 0 Å². The van der Waals surface area contributed by atoms with Crippen molar-refractivity contribution in [2.75, 3.05) is 33.3 Å². The fourth-order valence-corrected chi connectivity index (χ4v) is 3.45. The average molecular weight is 388 g/mol. The number of amides is 1. The standard InChI is InChI=1S/C23H24N4O2/c1-27-9-7-24-8-10-29-22-6-5-18(21-14-25-16-26-15-21)13-20(22)12-17-3-2-4-19(11-17)23(27)28/h2-6,11,13-16,24H,7-10,12H2,1H3. The van der Waals surface area contributed by atoms with Crippen LogP contribution in [-0.2, 0) is 6.42 Å². The smallest absolute Gasteiger partial charge is 0.253 e. The Kier molecular flexibility index (Phi) is 5.81. The molecule has 6 nitrogen and oxygen atoms in total. The average Bonchev–Trinajstić information content (AvgIpc) is 2.76. The van der Waals surface area contributed by atoms with E-state index in [4.69, 9.17) is 4.74 Å². The van der Waals surface area contributed by atoms with Gasteiger partial charge >= 0.3 is 0 Å². The predicted molar refractivity (Wildman–Crippen MR) is 112 cm³/mol. The number of fused-ring (bicyclic) bond motifs is 3. The van der Waals surface area contributed by atoms with Crippen molar-refractivity contribution in [1.82, 2.24) is 20.2 Å². The van der Waals surface area contributed by atoms with Crippen LogP contribution in [0.3, 0.4) is 0 Å². The first-order valence-electron chi connectivity index (χ1n) is 9.77. The SMILES string of the molecule is CN1CCNCCOc2ccc(-c3cncnc3)cc2Cc2cccc(c2)C1=O. The van der Waals surface area contributed by atoms with E-state index in [0.29, 0.717) is 25.1 Å². The van der Waals surface area contributed by atoms with Gasteiger partial charge in [0, 0.05) is 56.6 Å². The number of rotatable bonds is 1. The second kappa shape index (κ2) is 8.84. The molecule has 1 aliphatic rings. The number of nitrogens with zero attached hydrogens (tertiary/aromatic N) is 3. The highest BCUT2D eigenvalue weighted by molar-refractivity contribution is 5.94. The van der Waals surface area contributed by atoms with Crippen LogP contribution in [0.2, 0.25) is 0 Å². The highest BCUT2D eigenvalue weighted by atomic mass is 16.5. The van der Waals surface area contributed by atoms with E-state index < -0.39 is 0 Å². The first kappa shape index (κ1) is 19.1. The van der Waals surface area contributed by atoms with Gasteiger partial charge in [0.25, 0.3) is 5.91 Å². The molecule has 0 saturated heterocycles. The zero-order valence-corrected chi connectivity index (χ0v) is 16.5. The second-order valence-corrected chi connectivity index (χ2v) is 7.15. The van der Waals surface area contributed by atoms with Crippen molar-refractivity contribution in [3.05, 3.63) is 77.9 Å². The van der Waals surface area contributed by atoms with E-state index in [1.807, 2.05) is 43.4 Å². The fourth-order valence-electron chi connectivity index (χ4n) is 3.45. The summed E-state index contributed by atoms with van der Waals surface area (Å²) in [6, 6.07) is 14.0. The molecule has 2 heterocycles. The van der Waals surface area contributed by atoms with Gasteiger partial charge in [0.15, 0.2) is 0 Å². The molecule has 1 aromatic heterocycles. The molecule has 148 valence electrons. The van der Waals surface area contributed by atoms with Crippen LogP contribution in [0.15, 0.2) is 61.2 Å². The first-order valence-corrected chi connectivity index (χ1v) is 9.77. The number of carbonyl (C=O) groups excluding carboxylic acids is 1. The summed E-state index contributed by atoms with van der Waals surface area (Å²) in [6.07, 6.45) is 5.81. The van der Waals surface area contributed by atoms with Crippen LogP contribution in [-0.4, -0.2) is 54.1 Å². The Labute approximate surface area is 170 Å². The Balaban J connectivity index is 1.71. The lowest BCUT2D eigenvalue weighted by Gasteiger charge is -2.19. The highest BCUT2D eigenvalue weighted by Gasteiger charge is 2.14. The lowest BCUT2D eigenvalue weighted by molar-refractivity contribution is 0.0796. The second-order valence-electron chi connectivity index (χ2n) is 7.15. The topological polar surface area (TPSA) is 67.3 Å². The Hall–Kier alpha value is -3.25. The van der Waals surface area contributed by atoms with E-state index >= 15 is 0 Å². The highest BCUT2D eigenvalue weighted by Crippen LogP contribution is 2.28. The Morgan fingerprint density at radius 2 is 1.86 bits per heavy atom. The molecular weight excluding hydrogens is 364 g/mol. The summed E-state index contributed by atoms with van der Waals surface area (Å²) in [5.41, 5.74) is 4.85. The van der Waals surface area contributed by atoms with E-state index in [0.717, 1.165) is 41.1 Å². The lowest BCUT2D eigenvalue weighted by Crippen LogP contribution is -2.35. The van der Waals surface area contributed by atoms with E-state index in [9.17, 15) is 4.79 Å². The van der Waals surface area contributed by atoms with Crippen molar-refractivity contribution in [2.24, 2.45) is 0 Å². The summed E-state index contributed by atoms with van der Waals surface area (Å²) in [7, 11) is 1.84. The van der Waals surface area contributed by atoms with Crippen molar-refractivity contribution in [2.45, 2.75) is 6.42 Å². The lowest BCUT2D eigenvalue weighted by atomic mass is 9.98. The number of benzene rings is 2. The number of carbonyl (C=O) groups is 1. The Morgan fingerprint density at radius 3 is 2.72 bits per heavy atom. The van der Waals surface area contributed by atoms with Crippen molar-refractivity contribution in [1.29, 1.82) is 0 Å². The normalized spacial score (nSPS) is 15.2. The number of hydrogen-bond donors (Lipinski definition) is 1. The summed E-state index contributed by atoms with van der Waals surface area (Å²) < 4.78 is 6.07. The number of aromatic nitrogens is 2. The molecule has 6 heteroatoms. The minimum Gasteiger partial charge on any atom is -0.492 e. The van der Waals surface area contributed by atoms with Crippen LogP contribution in [0, 0.1) is 0 Å². The van der Waals surface area contributed by atoms with E-state index in [1.165, 1.54) is 6.33 Å². The van der Waals surface area contributed by atoms with E-state index in [2.05, 4.69) is 21.4 Å². The van der Waals surface area contributed by atoms with E-state index in [-0.39, 0.29) is 5.91 Å². The fraction of sp³-hybridized carbons (Fsp3) is 0.261. The molecule has 0 saturated carbocycles. The number of ether oxygens (including phenoxy) is 1. The zero-order chi connectivity index (χ0) is 20.1. The van der Waals surface area contributed by atoms with Crippen LogP contribution in [0.1, 0.15) is 21.5 Å². The van der Waals surface area contributed by atoms with Crippen molar-refractivity contribution in [3.63, 3.8) is 0 Å². The Bertz CT molecular complexity index is 991. The minimum absolute atomic E-state index is 0.0392. The molecular formula is C23H24N4O2. The molecule has 2 bridgehead atoms. The molecule has 0 spiro atoms. The molecule has 3 aromatic rings. The summed E-state index contributed by atoms with van der Waals surface area (Å²) in [5.74, 6) is 0.899. The third-order valence-electron chi connectivity index (χ3n) is 5.03. The van der Waals surface area contributed by atoms with Gasteiger partial charge in [-0.05, 0) is 41.0 Å². The monoisotopic (exact) mass is 388 g/mol. The summed E-state index contributed by atoms with van der Waals surface area (Å²) in [6.45, 7) is 2.67. The largest absolute Gasteiger partial charge is 0.492 e. The predicted octanol–water partition coefficient (Wildman–Crippen LogP) is 2.79. The third kappa shape index (κ3) is 4.60. The molecule has 2 aromatic carbocycles. The van der Waals surface area contributed by atoms with Crippen LogP contribution in [0.4, 0.5) is 0 Å². The molecule has 0 radical (unpaired) electrons. The minimum atomic E-state index is 0.0392. The van der Waals surface area contributed by atoms with Gasteiger partial charge < -0.3 is 15.0 Å². The molecule has 0 aliphatic carbocycles. The van der Waals surface area contributed by atoms with Crippen molar-refractivity contribution in [3.8, 4) is 16.9 Å². The van der Waals surface area contributed by atoms with Crippen LogP contribution >= 0.6 is 0 Å². The van der Waals surface area contributed by atoms with Crippen LogP contribution in [0.25, 0.3) is 11.1 Å². The summed E-state index contributed by atoms with van der Waals surface area (Å²) in [5, 5.41) is 3.33. The van der Waals surface area contributed by atoms with Gasteiger partial charge in [0.2, 0.25) is 0 Å². The molecule has 29 heavy (non-hydrogen) atoms. The molecule has 1 aliphatic heterocycles. The van der Waals surface area contributed by atoms with Crippen LogP contribution in [0.5, 0.6) is 5.75 Å². The number of nitrogens with one attached hydrogen (secondary N) is 1. The van der Waals surface area contributed by atoms with Gasteiger partial charge in [-0.2, -0.15) is 0 Å². The maximum atomic E-state index is 12.7. The Morgan fingerprint density at radius 1 is 1.00 bits per heavy atom. The van der Waals surface area contributed by atoms with Gasteiger partial charge in [-0.15, -0.1) is 0 Å². The molecule has 0 fully saturated rings. The number of hydrogen-bond acceptors (Lipinski definition) is 5. The molecule has 4 rings (SSSR count). The third-order valence-corrected chi connectivity index (χ3v) is 5.03. The van der Waals surface area contributed by atoms with Gasteiger partial charge in [-0.1, -0.05) is 18.2 Å². The van der Waals surface area contributed by atoms with Crippen molar-refractivity contribution < 1.29 is 9.53 Å². The first-order chi connectivity index (χ1) is 14.2. The summed E-state index contributed by atoms with van der Waals surface area (Å²) in [4.78, 5) is 22.7. The molecule has 1 N–H and O–H groups in total. The van der Waals surface area contributed by atoms with Gasteiger partial charge in [0.1, 0.15) is 18.7 Å². The quantitative estimate of drug-likeness (QED) is 0.694.